The van der Waals surface area contributed by atoms with Crippen LogP contribution in [0.25, 0.3) is 0 Å². The fraction of sp³-hybridized carbons (Fsp3) is 0.435. The van der Waals surface area contributed by atoms with Crippen LogP contribution in [0, 0.1) is 0 Å². The second-order valence-electron chi connectivity index (χ2n) is 7.01. The molecule has 1 amide bonds. The Morgan fingerprint density at radius 2 is 1.60 bits per heavy atom. The lowest BCUT2D eigenvalue weighted by molar-refractivity contribution is 0.0789. The topological polar surface area (TPSA) is 48.0 Å². The minimum Gasteiger partial charge on any atom is -0.490 e. The quantitative estimate of drug-likeness (QED) is 0.507. The Bertz CT molecular complexity index is 876. The first kappa shape index (κ1) is 22.6. The van der Waals surface area contributed by atoms with E-state index in [0.717, 1.165) is 12.0 Å². The molecule has 1 saturated heterocycles. The average Bonchev–Trinajstić information content (AvgIpc) is 3.22. The van der Waals surface area contributed by atoms with E-state index in [-0.39, 0.29) is 11.8 Å². The van der Waals surface area contributed by atoms with E-state index in [4.69, 9.17) is 37.4 Å². The lowest BCUT2D eigenvalue weighted by atomic mass is 9.99. The molecule has 1 atom stereocenters. The van der Waals surface area contributed by atoms with E-state index in [1.54, 1.807) is 18.2 Å². The van der Waals surface area contributed by atoms with Gasteiger partial charge in [-0.15, -0.1) is 0 Å². The third kappa shape index (κ3) is 4.96. The molecule has 0 aromatic heterocycles. The molecule has 2 aromatic rings. The third-order valence-corrected chi connectivity index (χ3v) is 5.79. The number of amides is 1. The summed E-state index contributed by atoms with van der Waals surface area (Å²) >= 11 is 12.2. The zero-order valence-electron chi connectivity index (χ0n) is 17.5. The predicted molar refractivity (Wildman–Crippen MR) is 120 cm³/mol. The molecule has 0 N–H and O–H groups in total. The Balaban J connectivity index is 1.84. The molecule has 162 valence electrons. The molecule has 7 heteroatoms. The van der Waals surface area contributed by atoms with Crippen LogP contribution in [0.4, 0.5) is 0 Å². The minimum absolute atomic E-state index is 0.0532. The number of likely N-dealkylation sites (tertiary alicyclic amines) is 1. The fourth-order valence-electron chi connectivity index (χ4n) is 3.68. The molecule has 0 spiro atoms. The molecule has 0 radical (unpaired) electrons. The normalized spacial score (nSPS) is 15.9. The van der Waals surface area contributed by atoms with Gasteiger partial charge >= 0.3 is 0 Å². The highest BCUT2D eigenvalue weighted by Gasteiger charge is 2.29. The maximum atomic E-state index is 13.3. The van der Waals surface area contributed by atoms with E-state index in [1.165, 1.54) is 0 Å². The predicted octanol–water partition coefficient (Wildman–Crippen LogP) is 5.82. The lowest BCUT2D eigenvalue weighted by Crippen LogP contribution is -2.28. The molecule has 1 aliphatic heterocycles. The van der Waals surface area contributed by atoms with Crippen molar-refractivity contribution in [2.45, 2.75) is 33.1 Å². The molecule has 1 heterocycles. The number of hydrogen-bond donors (Lipinski definition) is 0. The zero-order valence-corrected chi connectivity index (χ0v) is 19.1. The van der Waals surface area contributed by atoms with E-state index in [1.807, 2.05) is 37.8 Å². The Kier molecular flexibility index (Phi) is 7.73. The van der Waals surface area contributed by atoms with Crippen molar-refractivity contribution in [2.24, 2.45) is 0 Å². The van der Waals surface area contributed by atoms with Crippen molar-refractivity contribution < 1.29 is 19.0 Å². The van der Waals surface area contributed by atoms with Crippen molar-refractivity contribution in [3.8, 4) is 17.2 Å². The van der Waals surface area contributed by atoms with Crippen LogP contribution in [0.2, 0.25) is 10.0 Å². The van der Waals surface area contributed by atoms with Crippen LogP contribution in [-0.2, 0) is 0 Å². The molecule has 1 aliphatic rings. The van der Waals surface area contributed by atoms with Gasteiger partial charge in [0.05, 0.1) is 29.9 Å². The summed E-state index contributed by atoms with van der Waals surface area (Å²) in [5.41, 5.74) is 1.62. The molecular formula is C23H27Cl2NO4. The standard InChI is InChI=1S/C23H27Cl2NO4/c1-4-28-20-12-17(13-21(29-5-2)22(20)30-6-3)23(27)26-10-9-16(14-26)15-7-8-18(24)19(25)11-15/h7-8,11-13,16H,4-6,9-10,14H2,1-3H3. The Morgan fingerprint density at radius 1 is 0.967 bits per heavy atom. The summed E-state index contributed by atoms with van der Waals surface area (Å²) in [5, 5.41) is 1.07. The summed E-state index contributed by atoms with van der Waals surface area (Å²) in [6, 6.07) is 9.15. The molecule has 1 fully saturated rings. The number of rotatable bonds is 8. The maximum Gasteiger partial charge on any atom is 0.254 e. The first-order chi connectivity index (χ1) is 14.5. The summed E-state index contributed by atoms with van der Waals surface area (Å²) in [6.07, 6.45) is 0.872. The van der Waals surface area contributed by atoms with Gasteiger partial charge in [0.25, 0.3) is 5.91 Å². The lowest BCUT2D eigenvalue weighted by Gasteiger charge is -2.20. The van der Waals surface area contributed by atoms with Gasteiger partial charge in [0.15, 0.2) is 11.5 Å². The monoisotopic (exact) mass is 451 g/mol. The second-order valence-corrected chi connectivity index (χ2v) is 7.83. The SMILES string of the molecule is CCOc1cc(C(=O)N2CCC(c3ccc(Cl)c(Cl)c3)C2)cc(OCC)c1OCC. The van der Waals surface area contributed by atoms with Gasteiger partial charge in [-0.3, -0.25) is 4.79 Å². The van der Waals surface area contributed by atoms with Crippen molar-refractivity contribution in [1.82, 2.24) is 4.90 Å². The summed E-state index contributed by atoms with van der Waals surface area (Å²) in [6.45, 7) is 8.39. The molecule has 0 bridgehead atoms. The van der Waals surface area contributed by atoms with Crippen LogP contribution in [-0.4, -0.2) is 43.7 Å². The van der Waals surface area contributed by atoms with Gasteiger partial charge in [-0.1, -0.05) is 29.3 Å². The number of carbonyl (C=O) groups is 1. The number of nitrogens with zero attached hydrogens (tertiary/aromatic N) is 1. The van der Waals surface area contributed by atoms with E-state index in [2.05, 4.69) is 0 Å². The van der Waals surface area contributed by atoms with Crippen LogP contribution >= 0.6 is 23.2 Å². The Morgan fingerprint density at radius 3 is 2.17 bits per heavy atom. The molecule has 2 aromatic carbocycles. The highest BCUT2D eigenvalue weighted by atomic mass is 35.5. The van der Waals surface area contributed by atoms with Crippen LogP contribution in [0.15, 0.2) is 30.3 Å². The van der Waals surface area contributed by atoms with Crippen LogP contribution in [0.3, 0.4) is 0 Å². The number of benzene rings is 2. The smallest absolute Gasteiger partial charge is 0.254 e. The molecule has 0 aliphatic carbocycles. The van der Waals surface area contributed by atoms with E-state index < -0.39 is 0 Å². The van der Waals surface area contributed by atoms with Crippen molar-refractivity contribution in [1.29, 1.82) is 0 Å². The van der Waals surface area contributed by atoms with Crippen molar-refractivity contribution in [3.63, 3.8) is 0 Å². The fourth-order valence-corrected chi connectivity index (χ4v) is 3.98. The van der Waals surface area contributed by atoms with Crippen molar-refractivity contribution >= 4 is 29.1 Å². The summed E-state index contributed by atoms with van der Waals surface area (Å²) < 4.78 is 17.2. The van der Waals surface area contributed by atoms with Crippen LogP contribution in [0.5, 0.6) is 17.2 Å². The van der Waals surface area contributed by atoms with Gasteiger partial charge in [0.2, 0.25) is 5.75 Å². The highest BCUT2D eigenvalue weighted by molar-refractivity contribution is 6.42. The first-order valence-electron chi connectivity index (χ1n) is 10.3. The number of ether oxygens (including phenoxy) is 3. The van der Waals surface area contributed by atoms with Crippen LogP contribution < -0.4 is 14.2 Å². The molecule has 30 heavy (non-hydrogen) atoms. The van der Waals surface area contributed by atoms with Gasteiger partial charge in [-0.05, 0) is 57.0 Å². The summed E-state index contributed by atoms with van der Waals surface area (Å²) in [7, 11) is 0. The minimum atomic E-state index is -0.0532. The maximum absolute atomic E-state index is 13.3. The van der Waals surface area contributed by atoms with Crippen molar-refractivity contribution in [2.75, 3.05) is 32.9 Å². The van der Waals surface area contributed by atoms with Crippen molar-refractivity contribution in [3.05, 3.63) is 51.5 Å². The summed E-state index contributed by atoms with van der Waals surface area (Å²) in [5.74, 6) is 1.75. The largest absolute Gasteiger partial charge is 0.490 e. The Labute approximate surface area is 187 Å². The van der Waals surface area contributed by atoms with Gasteiger partial charge < -0.3 is 19.1 Å². The van der Waals surface area contributed by atoms with Gasteiger partial charge in [0.1, 0.15) is 0 Å². The number of carbonyl (C=O) groups excluding carboxylic acids is 1. The number of halogens is 2. The molecule has 3 rings (SSSR count). The van der Waals surface area contributed by atoms with Gasteiger partial charge in [-0.2, -0.15) is 0 Å². The van der Waals surface area contributed by atoms with E-state index in [9.17, 15) is 4.79 Å². The van der Waals surface area contributed by atoms with E-state index >= 15 is 0 Å². The average molecular weight is 452 g/mol. The molecule has 1 unspecified atom stereocenters. The third-order valence-electron chi connectivity index (χ3n) is 5.05. The van der Waals surface area contributed by atoms with Crippen LogP contribution in [0.1, 0.15) is 49.0 Å². The van der Waals surface area contributed by atoms with Gasteiger partial charge in [0, 0.05) is 24.6 Å². The first-order valence-corrected chi connectivity index (χ1v) is 11.0. The van der Waals surface area contributed by atoms with Gasteiger partial charge in [-0.25, -0.2) is 0 Å². The molecule has 5 nitrogen and oxygen atoms in total. The molecular weight excluding hydrogens is 425 g/mol. The zero-order chi connectivity index (χ0) is 21.7. The number of hydrogen-bond acceptors (Lipinski definition) is 4. The van der Waals surface area contributed by atoms with E-state index in [0.29, 0.717) is 65.8 Å². The summed E-state index contributed by atoms with van der Waals surface area (Å²) in [4.78, 5) is 15.1. The second kappa shape index (κ2) is 10.3. The molecule has 0 saturated carbocycles. The highest BCUT2D eigenvalue weighted by Crippen LogP contribution is 2.40. The Hall–Kier alpha value is -2.11.